The van der Waals surface area contributed by atoms with Gasteiger partial charge in [0.05, 0.1) is 29.2 Å². The zero-order chi connectivity index (χ0) is 19.4. The molecule has 2 aromatic heterocycles. The number of nitrogens with zero attached hydrogens (tertiary/aromatic N) is 3. The number of amides is 3. The second-order valence-corrected chi connectivity index (χ2v) is 6.69. The average molecular weight is 367 g/mol. The van der Waals surface area contributed by atoms with Crippen LogP contribution >= 0.6 is 0 Å². The van der Waals surface area contributed by atoms with Crippen LogP contribution in [0.15, 0.2) is 42.9 Å². The minimum atomic E-state index is -0.784. The van der Waals surface area contributed by atoms with Gasteiger partial charge in [0.1, 0.15) is 0 Å². The number of likely N-dealkylation sites (tertiary alicyclic amines) is 1. The van der Waals surface area contributed by atoms with Crippen LogP contribution in [0.4, 0.5) is 5.69 Å². The third kappa shape index (κ3) is 4.28. The molecule has 2 aromatic rings. The van der Waals surface area contributed by atoms with E-state index in [1.54, 1.807) is 11.1 Å². The van der Waals surface area contributed by atoms with Crippen LogP contribution in [0.1, 0.15) is 41.9 Å². The Bertz CT molecular complexity index is 855. The van der Waals surface area contributed by atoms with Gasteiger partial charge in [-0.2, -0.15) is 0 Å². The minimum Gasteiger partial charge on any atom is -0.366 e. The van der Waals surface area contributed by atoms with Crippen molar-refractivity contribution in [2.24, 2.45) is 11.7 Å². The summed E-state index contributed by atoms with van der Waals surface area (Å²) in [6.45, 7) is 2.53. The number of piperidine rings is 1. The smallest absolute Gasteiger partial charge is 0.313 e. The predicted octanol–water partition coefficient (Wildman–Crippen LogP) is 1.51. The van der Waals surface area contributed by atoms with Gasteiger partial charge < -0.3 is 16.0 Å². The summed E-state index contributed by atoms with van der Waals surface area (Å²) >= 11 is 0. The molecule has 0 aliphatic carbocycles. The molecule has 0 spiro atoms. The standard InChI is InChI=1S/C19H21N5O3/c1-12-5-6-16(15-4-2-3-7-22-15)24(11-12)19(27)18(26)23-14-8-13(17(20)25)9-21-10-14/h2-4,7-10,12,16H,5-6,11H2,1H3,(H2,20,25)(H,23,26)/t12-,16+/m1/s1. The third-order valence-electron chi connectivity index (χ3n) is 4.58. The quantitative estimate of drug-likeness (QED) is 0.797. The number of nitrogens with one attached hydrogen (secondary N) is 1. The first-order valence-electron chi connectivity index (χ1n) is 8.73. The number of anilines is 1. The Morgan fingerprint density at radius 1 is 1.22 bits per heavy atom. The minimum absolute atomic E-state index is 0.151. The van der Waals surface area contributed by atoms with Gasteiger partial charge in [-0.1, -0.05) is 13.0 Å². The number of hydrogen-bond donors (Lipinski definition) is 2. The topological polar surface area (TPSA) is 118 Å². The van der Waals surface area contributed by atoms with E-state index in [9.17, 15) is 14.4 Å². The normalized spacial score (nSPS) is 19.4. The van der Waals surface area contributed by atoms with Gasteiger partial charge in [-0.05, 0) is 37.0 Å². The average Bonchev–Trinajstić information content (AvgIpc) is 2.68. The maximum atomic E-state index is 12.8. The molecule has 1 fully saturated rings. The highest BCUT2D eigenvalue weighted by Gasteiger charge is 2.34. The summed E-state index contributed by atoms with van der Waals surface area (Å²) < 4.78 is 0. The van der Waals surface area contributed by atoms with Crippen LogP contribution < -0.4 is 11.1 Å². The number of carbonyl (C=O) groups excluding carboxylic acids is 3. The van der Waals surface area contributed by atoms with Crippen LogP contribution in [0.25, 0.3) is 0 Å². The maximum Gasteiger partial charge on any atom is 0.313 e. The molecule has 0 unspecified atom stereocenters. The Balaban J connectivity index is 1.78. The lowest BCUT2D eigenvalue weighted by molar-refractivity contribution is -0.146. The second-order valence-electron chi connectivity index (χ2n) is 6.69. The van der Waals surface area contributed by atoms with E-state index in [0.717, 1.165) is 18.5 Å². The Morgan fingerprint density at radius 3 is 2.74 bits per heavy atom. The van der Waals surface area contributed by atoms with Gasteiger partial charge in [-0.15, -0.1) is 0 Å². The molecule has 1 saturated heterocycles. The van der Waals surface area contributed by atoms with E-state index >= 15 is 0 Å². The largest absolute Gasteiger partial charge is 0.366 e. The molecule has 27 heavy (non-hydrogen) atoms. The predicted molar refractivity (Wildman–Crippen MR) is 98.5 cm³/mol. The highest BCUT2D eigenvalue weighted by Crippen LogP contribution is 2.32. The number of aromatic nitrogens is 2. The van der Waals surface area contributed by atoms with Crippen molar-refractivity contribution < 1.29 is 14.4 Å². The van der Waals surface area contributed by atoms with Crippen molar-refractivity contribution in [1.29, 1.82) is 0 Å². The van der Waals surface area contributed by atoms with Gasteiger partial charge in [0.15, 0.2) is 0 Å². The van der Waals surface area contributed by atoms with Gasteiger partial charge in [-0.25, -0.2) is 0 Å². The summed E-state index contributed by atoms with van der Waals surface area (Å²) in [6.07, 6.45) is 6.03. The van der Waals surface area contributed by atoms with E-state index in [4.69, 9.17) is 5.73 Å². The molecule has 3 amide bonds. The Labute approximate surface area is 156 Å². The number of primary amides is 1. The first kappa shape index (κ1) is 18.5. The molecule has 1 aliphatic heterocycles. The molecule has 8 heteroatoms. The van der Waals surface area contributed by atoms with Crippen molar-refractivity contribution in [2.75, 3.05) is 11.9 Å². The van der Waals surface area contributed by atoms with Gasteiger partial charge in [-0.3, -0.25) is 24.4 Å². The fraction of sp³-hybridized carbons (Fsp3) is 0.316. The van der Waals surface area contributed by atoms with E-state index in [1.807, 2.05) is 25.1 Å². The van der Waals surface area contributed by atoms with Gasteiger partial charge in [0.2, 0.25) is 5.91 Å². The van der Waals surface area contributed by atoms with E-state index < -0.39 is 17.7 Å². The molecule has 8 nitrogen and oxygen atoms in total. The monoisotopic (exact) mass is 367 g/mol. The summed E-state index contributed by atoms with van der Waals surface area (Å²) in [7, 11) is 0. The van der Waals surface area contributed by atoms with Crippen molar-refractivity contribution in [3.05, 3.63) is 54.1 Å². The first-order valence-corrected chi connectivity index (χ1v) is 8.73. The summed E-state index contributed by atoms with van der Waals surface area (Å²) in [5.41, 5.74) is 6.37. The van der Waals surface area contributed by atoms with E-state index in [-0.39, 0.29) is 17.3 Å². The molecule has 140 valence electrons. The second kappa shape index (κ2) is 7.94. The summed E-state index contributed by atoms with van der Waals surface area (Å²) in [5.74, 6) is -1.79. The SMILES string of the molecule is C[C@@H]1CC[C@@H](c2ccccn2)N(C(=O)C(=O)Nc2cncc(C(N)=O)c2)C1. The van der Waals surface area contributed by atoms with Crippen LogP contribution in [0.2, 0.25) is 0 Å². The third-order valence-corrected chi connectivity index (χ3v) is 4.58. The van der Waals surface area contributed by atoms with Crippen LogP contribution in [0, 0.1) is 5.92 Å². The number of nitrogens with two attached hydrogens (primary N) is 1. The fourth-order valence-corrected chi connectivity index (χ4v) is 3.22. The number of carbonyl (C=O) groups is 3. The lowest BCUT2D eigenvalue weighted by Crippen LogP contribution is -2.46. The number of rotatable bonds is 3. The molecular weight excluding hydrogens is 346 g/mol. The molecule has 0 aromatic carbocycles. The van der Waals surface area contributed by atoms with E-state index in [0.29, 0.717) is 12.5 Å². The summed E-state index contributed by atoms with van der Waals surface area (Å²) in [5, 5.41) is 2.50. The van der Waals surface area contributed by atoms with Gasteiger partial charge in [0.25, 0.3) is 0 Å². The Morgan fingerprint density at radius 2 is 2.04 bits per heavy atom. The Kier molecular flexibility index (Phi) is 5.44. The lowest BCUT2D eigenvalue weighted by atomic mass is 9.92. The highest BCUT2D eigenvalue weighted by atomic mass is 16.2. The van der Waals surface area contributed by atoms with Crippen LogP contribution in [-0.2, 0) is 9.59 Å². The molecule has 0 radical (unpaired) electrons. The molecule has 3 N–H and O–H groups in total. The molecule has 1 aliphatic rings. The Hall–Kier alpha value is -3.29. The van der Waals surface area contributed by atoms with Crippen LogP contribution in [0.5, 0.6) is 0 Å². The highest BCUT2D eigenvalue weighted by molar-refractivity contribution is 6.39. The molecule has 3 heterocycles. The van der Waals surface area contributed by atoms with Crippen molar-refractivity contribution in [1.82, 2.24) is 14.9 Å². The molecule has 0 saturated carbocycles. The van der Waals surface area contributed by atoms with Crippen molar-refractivity contribution in [3.63, 3.8) is 0 Å². The summed E-state index contributed by atoms with van der Waals surface area (Å²) in [6, 6.07) is 6.68. The summed E-state index contributed by atoms with van der Waals surface area (Å²) in [4.78, 5) is 46.3. The van der Waals surface area contributed by atoms with Crippen molar-refractivity contribution in [2.45, 2.75) is 25.8 Å². The van der Waals surface area contributed by atoms with E-state index in [1.165, 1.54) is 18.5 Å². The van der Waals surface area contributed by atoms with E-state index in [2.05, 4.69) is 15.3 Å². The van der Waals surface area contributed by atoms with Gasteiger partial charge in [0, 0.05) is 18.9 Å². The van der Waals surface area contributed by atoms with Crippen LogP contribution in [0.3, 0.4) is 0 Å². The first-order chi connectivity index (χ1) is 13.0. The molecule has 3 rings (SSSR count). The fourth-order valence-electron chi connectivity index (χ4n) is 3.22. The molecule has 0 bridgehead atoms. The number of pyridine rings is 2. The van der Waals surface area contributed by atoms with Crippen molar-refractivity contribution in [3.8, 4) is 0 Å². The molecular formula is C19H21N5O3. The zero-order valence-electron chi connectivity index (χ0n) is 15.0. The number of hydrogen-bond acceptors (Lipinski definition) is 5. The van der Waals surface area contributed by atoms with Gasteiger partial charge >= 0.3 is 11.8 Å². The molecule has 2 atom stereocenters. The van der Waals surface area contributed by atoms with Crippen molar-refractivity contribution >= 4 is 23.4 Å². The zero-order valence-corrected chi connectivity index (χ0v) is 15.0. The maximum absolute atomic E-state index is 12.8. The van der Waals surface area contributed by atoms with Crippen LogP contribution in [-0.4, -0.2) is 39.1 Å². The lowest BCUT2D eigenvalue weighted by Gasteiger charge is -2.37.